The molecule has 0 aromatic heterocycles. The molecule has 2 rings (SSSR count). The van der Waals surface area contributed by atoms with E-state index >= 15 is 0 Å². The van der Waals surface area contributed by atoms with E-state index in [0.717, 1.165) is 18.5 Å². The number of nitrogens with zero attached hydrogens (tertiary/aromatic N) is 1. The highest BCUT2D eigenvalue weighted by atomic mass is 16.2. The predicted octanol–water partition coefficient (Wildman–Crippen LogP) is 4.55. The molecule has 5 nitrogen and oxygen atoms in total. The van der Waals surface area contributed by atoms with Gasteiger partial charge in [0, 0.05) is 23.2 Å². The molecule has 0 saturated heterocycles. The fourth-order valence-corrected chi connectivity index (χ4v) is 2.80. The van der Waals surface area contributed by atoms with Crippen LogP contribution >= 0.6 is 0 Å². The Morgan fingerprint density at radius 2 is 1.77 bits per heavy atom. The zero-order chi connectivity index (χ0) is 19.2. The van der Waals surface area contributed by atoms with Crippen molar-refractivity contribution in [2.45, 2.75) is 65.8 Å². The Balaban J connectivity index is 2.16. The van der Waals surface area contributed by atoms with Gasteiger partial charge in [0.05, 0.1) is 5.69 Å². The van der Waals surface area contributed by atoms with Gasteiger partial charge in [0.25, 0.3) is 0 Å². The molecule has 142 valence electrons. The van der Waals surface area contributed by atoms with Crippen LogP contribution in [0.5, 0.6) is 0 Å². The SMILES string of the molecule is Cc1ccc(N=C(C=C(N)C(C)(C)C)NC(=O)NC2CCCCC2)cc1. The number of carbonyl (C=O) groups is 1. The maximum atomic E-state index is 12.4. The van der Waals surface area contributed by atoms with Crippen LogP contribution < -0.4 is 16.4 Å². The van der Waals surface area contributed by atoms with E-state index in [2.05, 4.69) is 15.6 Å². The summed E-state index contributed by atoms with van der Waals surface area (Å²) >= 11 is 0. The highest BCUT2D eigenvalue weighted by Gasteiger charge is 2.18. The summed E-state index contributed by atoms with van der Waals surface area (Å²) in [5.74, 6) is 0.453. The standard InChI is InChI=1S/C21H32N4O/c1-15-10-12-17(13-11-15)23-19(14-18(22)21(2,3)4)25-20(26)24-16-8-6-5-7-9-16/h10-14,16H,5-9,22H2,1-4H3,(H2,23,24,25,26). The maximum Gasteiger partial charge on any atom is 0.320 e. The molecule has 0 heterocycles. The topological polar surface area (TPSA) is 79.5 Å². The Bertz CT molecular complexity index is 662. The smallest absolute Gasteiger partial charge is 0.320 e. The number of aryl methyl sites for hydroxylation is 1. The van der Waals surface area contributed by atoms with Crippen molar-refractivity contribution in [3.05, 3.63) is 41.6 Å². The van der Waals surface area contributed by atoms with Crippen molar-refractivity contribution in [1.29, 1.82) is 0 Å². The van der Waals surface area contributed by atoms with Crippen LogP contribution in [-0.2, 0) is 0 Å². The zero-order valence-corrected chi connectivity index (χ0v) is 16.4. The molecule has 0 bridgehead atoms. The molecule has 1 aliphatic carbocycles. The molecule has 0 aliphatic heterocycles. The molecule has 2 amide bonds. The summed E-state index contributed by atoms with van der Waals surface area (Å²) in [6.45, 7) is 8.13. The number of hydrogen-bond donors (Lipinski definition) is 3. The molecule has 1 aliphatic rings. The second kappa shape index (κ2) is 8.88. The molecular weight excluding hydrogens is 324 g/mol. The van der Waals surface area contributed by atoms with Gasteiger partial charge in [-0.3, -0.25) is 5.32 Å². The first-order valence-electron chi connectivity index (χ1n) is 9.44. The van der Waals surface area contributed by atoms with Gasteiger partial charge >= 0.3 is 6.03 Å². The van der Waals surface area contributed by atoms with Crippen molar-refractivity contribution >= 4 is 17.6 Å². The number of urea groups is 1. The number of allylic oxidation sites excluding steroid dienone is 1. The van der Waals surface area contributed by atoms with Gasteiger partial charge in [-0.15, -0.1) is 0 Å². The summed E-state index contributed by atoms with van der Waals surface area (Å²) in [6, 6.07) is 7.87. The van der Waals surface area contributed by atoms with Crippen molar-refractivity contribution in [2.75, 3.05) is 0 Å². The summed E-state index contributed by atoms with van der Waals surface area (Å²) < 4.78 is 0. The Morgan fingerprint density at radius 3 is 2.35 bits per heavy atom. The summed E-state index contributed by atoms with van der Waals surface area (Å²) in [7, 11) is 0. The van der Waals surface area contributed by atoms with E-state index in [1.807, 2.05) is 52.0 Å². The minimum absolute atomic E-state index is 0.199. The van der Waals surface area contributed by atoms with Gasteiger partial charge in [-0.2, -0.15) is 0 Å². The van der Waals surface area contributed by atoms with E-state index in [0.29, 0.717) is 11.5 Å². The van der Waals surface area contributed by atoms with Crippen LogP contribution in [0.4, 0.5) is 10.5 Å². The highest BCUT2D eigenvalue weighted by molar-refractivity contribution is 6.05. The lowest BCUT2D eigenvalue weighted by atomic mass is 9.92. The molecule has 1 aromatic rings. The molecule has 5 heteroatoms. The van der Waals surface area contributed by atoms with Gasteiger partial charge in [-0.1, -0.05) is 57.7 Å². The van der Waals surface area contributed by atoms with E-state index < -0.39 is 0 Å². The Labute approximate surface area is 157 Å². The quantitative estimate of drug-likeness (QED) is 0.549. The number of nitrogens with two attached hydrogens (primary N) is 1. The molecule has 0 spiro atoms. The average Bonchev–Trinajstić information content (AvgIpc) is 2.56. The predicted molar refractivity (Wildman–Crippen MR) is 109 cm³/mol. The zero-order valence-electron chi connectivity index (χ0n) is 16.4. The van der Waals surface area contributed by atoms with Gasteiger partial charge in [-0.05, 0) is 31.9 Å². The normalized spacial score (nSPS) is 17.1. The first-order chi connectivity index (χ1) is 12.2. The van der Waals surface area contributed by atoms with Crippen molar-refractivity contribution in [3.63, 3.8) is 0 Å². The molecule has 0 unspecified atom stereocenters. The van der Waals surface area contributed by atoms with E-state index in [-0.39, 0.29) is 17.5 Å². The number of carbonyl (C=O) groups excluding carboxylic acids is 1. The first-order valence-corrected chi connectivity index (χ1v) is 9.44. The second-order valence-corrected chi connectivity index (χ2v) is 8.12. The lowest BCUT2D eigenvalue weighted by molar-refractivity contribution is 0.237. The average molecular weight is 357 g/mol. The van der Waals surface area contributed by atoms with E-state index in [1.54, 1.807) is 6.08 Å². The fourth-order valence-electron chi connectivity index (χ4n) is 2.80. The number of hydrogen-bond acceptors (Lipinski definition) is 3. The van der Waals surface area contributed by atoms with Gasteiger partial charge < -0.3 is 11.1 Å². The Hall–Kier alpha value is -2.30. The molecule has 1 fully saturated rings. The molecule has 26 heavy (non-hydrogen) atoms. The van der Waals surface area contributed by atoms with Crippen LogP contribution in [0.1, 0.15) is 58.4 Å². The van der Waals surface area contributed by atoms with E-state index in [1.165, 1.54) is 24.8 Å². The van der Waals surface area contributed by atoms with E-state index in [4.69, 9.17) is 5.73 Å². The van der Waals surface area contributed by atoms with E-state index in [9.17, 15) is 4.79 Å². The number of amides is 2. The van der Waals surface area contributed by atoms with Crippen LogP contribution in [0, 0.1) is 12.3 Å². The van der Waals surface area contributed by atoms with Gasteiger partial charge in [0.1, 0.15) is 5.84 Å². The molecule has 1 saturated carbocycles. The lowest BCUT2D eigenvalue weighted by Crippen LogP contribution is -2.45. The van der Waals surface area contributed by atoms with Crippen molar-refractivity contribution in [2.24, 2.45) is 16.1 Å². The number of rotatable bonds is 3. The largest absolute Gasteiger partial charge is 0.401 e. The Morgan fingerprint density at radius 1 is 1.15 bits per heavy atom. The molecule has 0 atom stereocenters. The van der Waals surface area contributed by atoms with Crippen LogP contribution in [-0.4, -0.2) is 17.9 Å². The van der Waals surface area contributed by atoms with Crippen LogP contribution in [0.3, 0.4) is 0 Å². The third-order valence-corrected chi connectivity index (χ3v) is 4.62. The van der Waals surface area contributed by atoms with Crippen molar-refractivity contribution in [3.8, 4) is 0 Å². The van der Waals surface area contributed by atoms with Crippen molar-refractivity contribution in [1.82, 2.24) is 10.6 Å². The van der Waals surface area contributed by atoms with Crippen LogP contribution in [0.2, 0.25) is 0 Å². The Kier molecular flexibility index (Phi) is 6.83. The highest BCUT2D eigenvalue weighted by Crippen LogP contribution is 2.21. The minimum atomic E-state index is -0.222. The number of amidine groups is 1. The number of nitrogens with one attached hydrogen (secondary N) is 2. The summed E-state index contributed by atoms with van der Waals surface area (Å²) in [5.41, 5.74) is 8.61. The maximum absolute atomic E-state index is 12.4. The molecule has 4 N–H and O–H groups in total. The monoisotopic (exact) mass is 356 g/mol. The summed E-state index contributed by atoms with van der Waals surface area (Å²) in [6.07, 6.45) is 7.43. The molecule has 0 radical (unpaired) electrons. The summed E-state index contributed by atoms with van der Waals surface area (Å²) in [5, 5.41) is 5.93. The first kappa shape index (κ1) is 20.0. The number of benzene rings is 1. The van der Waals surface area contributed by atoms with Crippen LogP contribution in [0.25, 0.3) is 0 Å². The van der Waals surface area contributed by atoms with Gasteiger partial charge in [0.15, 0.2) is 0 Å². The fraction of sp³-hybridized carbons (Fsp3) is 0.524. The van der Waals surface area contributed by atoms with Crippen molar-refractivity contribution < 1.29 is 4.79 Å². The van der Waals surface area contributed by atoms with Gasteiger partial charge in [-0.25, -0.2) is 9.79 Å². The molecular formula is C21H32N4O. The lowest BCUT2D eigenvalue weighted by Gasteiger charge is -2.23. The summed E-state index contributed by atoms with van der Waals surface area (Å²) in [4.78, 5) is 17.0. The third kappa shape index (κ3) is 6.54. The third-order valence-electron chi connectivity index (χ3n) is 4.62. The molecule has 1 aromatic carbocycles. The second-order valence-electron chi connectivity index (χ2n) is 8.12. The van der Waals surface area contributed by atoms with Crippen LogP contribution in [0.15, 0.2) is 41.0 Å². The minimum Gasteiger partial charge on any atom is -0.401 e. The number of aliphatic imine (C=N–C) groups is 1. The van der Waals surface area contributed by atoms with Gasteiger partial charge in [0.2, 0.25) is 0 Å².